The quantitative estimate of drug-likeness (QED) is 0.837. The molecule has 1 aromatic rings. The Morgan fingerprint density at radius 2 is 1.95 bits per heavy atom. The van der Waals surface area contributed by atoms with Gasteiger partial charge in [-0.1, -0.05) is 57.0 Å². The smallest absolute Gasteiger partial charge is 0.0619 e. The van der Waals surface area contributed by atoms with Gasteiger partial charge in [0, 0.05) is 18.7 Å². The second-order valence-electron chi connectivity index (χ2n) is 5.55. The first-order chi connectivity index (χ1) is 9.35. The predicted octanol–water partition coefficient (Wildman–Crippen LogP) is 3.93. The zero-order valence-corrected chi connectivity index (χ0v) is 12.3. The van der Waals surface area contributed by atoms with Gasteiger partial charge in [-0.05, 0) is 24.3 Å². The molecule has 2 atom stereocenters. The van der Waals surface area contributed by atoms with Crippen LogP contribution >= 0.6 is 0 Å². The van der Waals surface area contributed by atoms with E-state index in [-0.39, 0.29) is 0 Å². The van der Waals surface area contributed by atoms with E-state index >= 15 is 0 Å². The average Bonchev–Trinajstić information content (AvgIpc) is 2.49. The van der Waals surface area contributed by atoms with E-state index in [4.69, 9.17) is 4.74 Å². The van der Waals surface area contributed by atoms with Gasteiger partial charge in [0.05, 0.1) is 6.61 Å². The van der Waals surface area contributed by atoms with Crippen molar-refractivity contribution in [2.45, 2.75) is 51.6 Å². The van der Waals surface area contributed by atoms with E-state index in [0.717, 1.165) is 13.2 Å². The molecule has 0 bridgehead atoms. The summed E-state index contributed by atoms with van der Waals surface area (Å²) in [5.74, 6) is 0.698. The van der Waals surface area contributed by atoms with Gasteiger partial charge < -0.3 is 10.1 Å². The molecule has 2 rings (SSSR count). The molecule has 0 aliphatic carbocycles. The third-order valence-corrected chi connectivity index (χ3v) is 4.25. The van der Waals surface area contributed by atoms with Crippen LogP contribution in [0, 0.1) is 5.92 Å². The summed E-state index contributed by atoms with van der Waals surface area (Å²) in [6, 6.07) is 11.9. The lowest BCUT2D eigenvalue weighted by molar-refractivity contribution is 0.0624. The highest BCUT2D eigenvalue weighted by Gasteiger charge is 2.24. The van der Waals surface area contributed by atoms with Gasteiger partial charge in [0.15, 0.2) is 0 Å². The molecule has 1 N–H and O–H groups in total. The third-order valence-electron chi connectivity index (χ3n) is 4.25. The Morgan fingerprint density at radius 1 is 1.21 bits per heavy atom. The second-order valence-corrected chi connectivity index (χ2v) is 5.55. The van der Waals surface area contributed by atoms with Gasteiger partial charge in [-0.15, -0.1) is 0 Å². The number of nitrogens with one attached hydrogen (secondary N) is 1. The van der Waals surface area contributed by atoms with Crippen LogP contribution in [0.25, 0.3) is 0 Å². The fourth-order valence-electron chi connectivity index (χ4n) is 3.05. The Labute approximate surface area is 117 Å². The lowest BCUT2D eigenvalue weighted by Gasteiger charge is -2.33. The Kier molecular flexibility index (Phi) is 5.87. The van der Waals surface area contributed by atoms with Crippen LogP contribution in [0.1, 0.15) is 51.1 Å². The van der Waals surface area contributed by atoms with E-state index in [9.17, 15) is 0 Å². The largest absolute Gasteiger partial charge is 0.380 e. The van der Waals surface area contributed by atoms with Crippen molar-refractivity contribution in [3.8, 4) is 0 Å². The molecule has 2 heteroatoms. The van der Waals surface area contributed by atoms with E-state index < -0.39 is 0 Å². The Hall–Kier alpha value is -0.860. The van der Waals surface area contributed by atoms with Gasteiger partial charge in [0.1, 0.15) is 0 Å². The molecule has 0 aromatic heterocycles. The average molecular weight is 261 g/mol. The summed E-state index contributed by atoms with van der Waals surface area (Å²) >= 11 is 0. The van der Waals surface area contributed by atoms with Crippen LogP contribution in [0.2, 0.25) is 0 Å². The highest BCUT2D eigenvalue weighted by molar-refractivity contribution is 5.20. The maximum Gasteiger partial charge on any atom is 0.0619 e. The van der Waals surface area contributed by atoms with E-state index in [0.29, 0.717) is 18.0 Å². The van der Waals surface area contributed by atoms with Crippen LogP contribution < -0.4 is 5.32 Å². The molecule has 1 aromatic carbocycles. The number of ether oxygens (including phenoxy) is 1. The van der Waals surface area contributed by atoms with Crippen LogP contribution in [0.3, 0.4) is 0 Å². The van der Waals surface area contributed by atoms with E-state index in [1.165, 1.54) is 31.2 Å². The van der Waals surface area contributed by atoms with Crippen LogP contribution in [0.15, 0.2) is 30.3 Å². The molecule has 19 heavy (non-hydrogen) atoms. The topological polar surface area (TPSA) is 21.3 Å². The normalized spacial score (nSPS) is 21.5. The van der Waals surface area contributed by atoms with Crippen molar-refractivity contribution in [2.24, 2.45) is 5.92 Å². The summed E-state index contributed by atoms with van der Waals surface area (Å²) < 4.78 is 5.60. The molecular formula is C17H27NO. The first kappa shape index (κ1) is 14.5. The molecule has 0 spiro atoms. The minimum Gasteiger partial charge on any atom is -0.380 e. The molecule has 1 fully saturated rings. The molecule has 1 aliphatic rings. The lowest BCUT2D eigenvalue weighted by Crippen LogP contribution is -2.41. The Bertz CT molecular complexity index is 342. The molecule has 2 nitrogen and oxygen atoms in total. The molecule has 1 saturated heterocycles. The van der Waals surface area contributed by atoms with Gasteiger partial charge in [0.2, 0.25) is 0 Å². The summed E-state index contributed by atoms with van der Waals surface area (Å²) in [7, 11) is 0. The van der Waals surface area contributed by atoms with Gasteiger partial charge in [-0.25, -0.2) is 0 Å². The summed E-state index contributed by atoms with van der Waals surface area (Å²) in [5.41, 5.74) is 1.42. The second kappa shape index (κ2) is 7.66. The maximum atomic E-state index is 5.60. The van der Waals surface area contributed by atoms with Crippen molar-refractivity contribution in [1.29, 1.82) is 0 Å². The maximum absolute atomic E-state index is 5.60. The molecule has 1 aliphatic heterocycles. The van der Waals surface area contributed by atoms with Crippen molar-refractivity contribution < 1.29 is 4.74 Å². The standard InChI is InChI=1S/C17H27NO/c1-3-14(4-2)17(15-9-6-5-7-10-15)18-16-11-8-12-19-13-16/h5-7,9-10,14,16-18H,3-4,8,11-13H2,1-2H3. The summed E-state index contributed by atoms with van der Waals surface area (Å²) in [6.45, 7) is 6.38. The highest BCUT2D eigenvalue weighted by atomic mass is 16.5. The van der Waals surface area contributed by atoms with Gasteiger partial charge in [0.25, 0.3) is 0 Å². The molecule has 0 saturated carbocycles. The number of hydrogen-bond donors (Lipinski definition) is 1. The van der Waals surface area contributed by atoms with E-state index in [2.05, 4.69) is 49.5 Å². The number of rotatable bonds is 6. The van der Waals surface area contributed by atoms with Crippen molar-refractivity contribution in [2.75, 3.05) is 13.2 Å². The zero-order chi connectivity index (χ0) is 13.5. The van der Waals surface area contributed by atoms with Crippen LogP contribution in [0.4, 0.5) is 0 Å². The predicted molar refractivity (Wildman–Crippen MR) is 80.2 cm³/mol. The van der Waals surface area contributed by atoms with Crippen molar-refractivity contribution >= 4 is 0 Å². The first-order valence-electron chi connectivity index (χ1n) is 7.73. The molecular weight excluding hydrogens is 234 g/mol. The van der Waals surface area contributed by atoms with Gasteiger partial charge in [-0.3, -0.25) is 0 Å². The summed E-state index contributed by atoms with van der Waals surface area (Å²) in [4.78, 5) is 0. The number of benzene rings is 1. The number of hydrogen-bond acceptors (Lipinski definition) is 2. The summed E-state index contributed by atoms with van der Waals surface area (Å²) in [5, 5.41) is 3.85. The summed E-state index contributed by atoms with van der Waals surface area (Å²) in [6.07, 6.45) is 4.86. The van der Waals surface area contributed by atoms with E-state index in [1.54, 1.807) is 0 Å². The fourth-order valence-corrected chi connectivity index (χ4v) is 3.05. The Balaban J connectivity index is 2.09. The third kappa shape index (κ3) is 4.05. The Morgan fingerprint density at radius 3 is 2.53 bits per heavy atom. The van der Waals surface area contributed by atoms with Crippen LogP contribution in [-0.2, 0) is 4.74 Å². The molecule has 0 amide bonds. The molecule has 0 radical (unpaired) electrons. The van der Waals surface area contributed by atoms with Gasteiger partial charge >= 0.3 is 0 Å². The molecule has 2 unspecified atom stereocenters. The van der Waals surface area contributed by atoms with Crippen LogP contribution in [0.5, 0.6) is 0 Å². The minimum atomic E-state index is 0.461. The zero-order valence-electron chi connectivity index (χ0n) is 12.3. The van der Waals surface area contributed by atoms with Crippen LogP contribution in [-0.4, -0.2) is 19.3 Å². The van der Waals surface area contributed by atoms with Crippen molar-refractivity contribution in [3.05, 3.63) is 35.9 Å². The van der Waals surface area contributed by atoms with Crippen molar-refractivity contribution in [1.82, 2.24) is 5.32 Å². The van der Waals surface area contributed by atoms with Gasteiger partial charge in [-0.2, -0.15) is 0 Å². The first-order valence-corrected chi connectivity index (χ1v) is 7.73. The monoisotopic (exact) mass is 261 g/mol. The molecule has 1 heterocycles. The highest BCUT2D eigenvalue weighted by Crippen LogP contribution is 2.28. The SMILES string of the molecule is CCC(CC)C(NC1CCCOC1)c1ccccc1. The lowest BCUT2D eigenvalue weighted by atomic mass is 9.88. The fraction of sp³-hybridized carbons (Fsp3) is 0.647. The van der Waals surface area contributed by atoms with E-state index in [1.807, 2.05) is 0 Å². The minimum absolute atomic E-state index is 0.461. The molecule has 106 valence electrons. The van der Waals surface area contributed by atoms with Crippen molar-refractivity contribution in [3.63, 3.8) is 0 Å².